The number of rotatable bonds is 8. The van der Waals surface area contributed by atoms with Crippen LogP contribution in [0.25, 0.3) is 0 Å². The van der Waals surface area contributed by atoms with Crippen molar-refractivity contribution >= 4 is 30.4 Å². The zero-order valence-corrected chi connectivity index (χ0v) is 19.7. The van der Waals surface area contributed by atoms with E-state index in [0.29, 0.717) is 6.61 Å². The van der Waals surface area contributed by atoms with Crippen molar-refractivity contribution in [1.82, 2.24) is 0 Å². The highest BCUT2D eigenvalue weighted by Gasteiger charge is 2.51. The van der Waals surface area contributed by atoms with Crippen LogP contribution in [0, 0.1) is 5.92 Å². The molecule has 1 N–H and O–H groups in total. The standard InChI is InChI=1S/C25H32O5Si/c1-18(15-23(27)28)24-22(26)16-19(30-24)17-29-31(25(2,3)4,20-11-7-5-8-12-20)21-13-9-6-10-14-21/h5-14,18-19,24H,15-17H2,1-4H3,(H,27,28)/t18-,19-,24+/m0/s1. The van der Waals surface area contributed by atoms with Gasteiger partial charge in [-0.05, 0) is 21.3 Å². The Balaban J connectivity index is 1.89. The summed E-state index contributed by atoms with van der Waals surface area (Å²) in [5.41, 5.74) is 0. The Kier molecular flexibility index (Phi) is 7.14. The number of ketones is 1. The Morgan fingerprint density at radius 3 is 2.06 bits per heavy atom. The summed E-state index contributed by atoms with van der Waals surface area (Å²) >= 11 is 0. The largest absolute Gasteiger partial charge is 0.481 e. The molecular weight excluding hydrogens is 408 g/mol. The predicted molar refractivity (Wildman–Crippen MR) is 123 cm³/mol. The number of carbonyl (C=O) groups is 2. The summed E-state index contributed by atoms with van der Waals surface area (Å²) in [6, 6.07) is 20.7. The Labute approximate surface area is 185 Å². The van der Waals surface area contributed by atoms with Crippen molar-refractivity contribution in [3.05, 3.63) is 60.7 Å². The van der Waals surface area contributed by atoms with Gasteiger partial charge in [-0.25, -0.2) is 0 Å². The molecule has 0 radical (unpaired) electrons. The molecule has 6 heteroatoms. The monoisotopic (exact) mass is 440 g/mol. The molecule has 0 aromatic heterocycles. The van der Waals surface area contributed by atoms with Gasteiger partial charge >= 0.3 is 5.97 Å². The molecule has 3 atom stereocenters. The van der Waals surface area contributed by atoms with Crippen molar-refractivity contribution in [3.63, 3.8) is 0 Å². The molecule has 5 nitrogen and oxygen atoms in total. The van der Waals surface area contributed by atoms with Crippen LogP contribution in [0.2, 0.25) is 5.04 Å². The first-order valence-electron chi connectivity index (χ1n) is 10.8. The minimum atomic E-state index is -2.70. The van der Waals surface area contributed by atoms with Crippen LogP contribution in [-0.2, 0) is 18.8 Å². The van der Waals surface area contributed by atoms with Gasteiger partial charge in [0.25, 0.3) is 8.32 Å². The quantitative estimate of drug-likeness (QED) is 0.637. The molecule has 0 bridgehead atoms. The summed E-state index contributed by atoms with van der Waals surface area (Å²) in [4.78, 5) is 23.6. The number of carboxylic acid groups (broad SMARTS) is 1. The van der Waals surface area contributed by atoms with Gasteiger partial charge in [0.1, 0.15) is 6.10 Å². The molecule has 1 heterocycles. The van der Waals surface area contributed by atoms with Crippen molar-refractivity contribution in [3.8, 4) is 0 Å². The fourth-order valence-electron chi connectivity index (χ4n) is 4.58. The molecule has 0 saturated carbocycles. The van der Waals surface area contributed by atoms with Crippen LogP contribution in [0.5, 0.6) is 0 Å². The first-order chi connectivity index (χ1) is 14.6. The van der Waals surface area contributed by atoms with Crippen LogP contribution < -0.4 is 10.4 Å². The van der Waals surface area contributed by atoms with E-state index in [2.05, 4.69) is 45.0 Å². The van der Waals surface area contributed by atoms with Crippen molar-refractivity contribution in [2.75, 3.05) is 6.61 Å². The molecule has 3 rings (SSSR count). The highest BCUT2D eigenvalue weighted by Crippen LogP contribution is 2.37. The van der Waals surface area contributed by atoms with Gasteiger partial charge in [0, 0.05) is 6.42 Å². The van der Waals surface area contributed by atoms with Crippen LogP contribution in [-0.4, -0.2) is 44.0 Å². The Bertz CT molecular complexity index is 852. The average molecular weight is 441 g/mol. The molecule has 0 amide bonds. The summed E-state index contributed by atoms with van der Waals surface area (Å²) in [6.07, 6.45) is -0.870. The van der Waals surface area contributed by atoms with Gasteiger partial charge in [0.2, 0.25) is 0 Å². The summed E-state index contributed by atoms with van der Waals surface area (Å²) in [7, 11) is -2.70. The van der Waals surface area contributed by atoms with Gasteiger partial charge in [0.05, 0.1) is 19.1 Å². The summed E-state index contributed by atoms with van der Waals surface area (Å²) in [5.74, 6) is -1.32. The third kappa shape index (κ3) is 4.97. The second-order valence-corrected chi connectivity index (χ2v) is 13.7. The highest BCUT2D eigenvalue weighted by molar-refractivity contribution is 6.99. The fourth-order valence-corrected chi connectivity index (χ4v) is 9.17. The SMILES string of the molecule is C[C@@H](CC(=O)O)[C@H]1O[C@H](CO[Si](c2ccccc2)(c2ccccc2)C(C)(C)C)CC1=O. The van der Waals surface area contributed by atoms with E-state index in [-0.39, 0.29) is 35.7 Å². The lowest BCUT2D eigenvalue weighted by atomic mass is 9.97. The second-order valence-electron chi connectivity index (χ2n) is 9.40. The second kappa shape index (κ2) is 9.47. The van der Waals surface area contributed by atoms with Crippen molar-refractivity contribution in [2.45, 2.75) is 57.8 Å². The normalized spacial score (nSPS) is 20.6. The number of carbonyl (C=O) groups excluding carboxylic acids is 1. The van der Waals surface area contributed by atoms with Crippen molar-refractivity contribution in [2.24, 2.45) is 5.92 Å². The van der Waals surface area contributed by atoms with E-state index < -0.39 is 20.4 Å². The molecule has 2 aromatic carbocycles. The molecule has 0 unspecified atom stereocenters. The zero-order chi connectivity index (χ0) is 22.6. The molecule has 1 aliphatic heterocycles. The smallest absolute Gasteiger partial charge is 0.303 e. The minimum Gasteiger partial charge on any atom is -0.481 e. The molecule has 31 heavy (non-hydrogen) atoms. The van der Waals surface area contributed by atoms with Gasteiger partial charge in [0.15, 0.2) is 5.78 Å². The lowest BCUT2D eigenvalue weighted by molar-refractivity contribution is -0.140. The Morgan fingerprint density at radius 1 is 1.10 bits per heavy atom. The van der Waals surface area contributed by atoms with E-state index in [1.54, 1.807) is 6.92 Å². The number of hydrogen-bond donors (Lipinski definition) is 1. The molecule has 1 saturated heterocycles. The molecule has 166 valence electrons. The summed E-state index contributed by atoms with van der Waals surface area (Å²) in [6.45, 7) is 8.67. The number of carboxylic acids is 1. The molecule has 0 spiro atoms. The van der Waals surface area contributed by atoms with Crippen LogP contribution in [0.3, 0.4) is 0 Å². The fraction of sp³-hybridized carbons (Fsp3) is 0.440. The van der Waals surface area contributed by atoms with E-state index in [0.717, 1.165) is 0 Å². The molecular formula is C25H32O5Si. The van der Waals surface area contributed by atoms with Gasteiger partial charge in [-0.3, -0.25) is 9.59 Å². The zero-order valence-electron chi connectivity index (χ0n) is 18.7. The van der Waals surface area contributed by atoms with Crippen molar-refractivity contribution < 1.29 is 23.9 Å². The van der Waals surface area contributed by atoms with Gasteiger partial charge in [-0.1, -0.05) is 88.4 Å². The molecule has 0 aliphatic carbocycles. The van der Waals surface area contributed by atoms with E-state index >= 15 is 0 Å². The highest BCUT2D eigenvalue weighted by atomic mass is 28.4. The van der Waals surface area contributed by atoms with E-state index in [1.807, 2.05) is 36.4 Å². The number of ether oxygens (including phenoxy) is 1. The van der Waals surface area contributed by atoms with Crippen LogP contribution in [0.1, 0.15) is 40.5 Å². The number of benzene rings is 2. The van der Waals surface area contributed by atoms with Gasteiger partial charge in [-0.2, -0.15) is 0 Å². The van der Waals surface area contributed by atoms with E-state index in [9.17, 15) is 9.59 Å². The predicted octanol–water partition coefficient (Wildman–Crippen LogP) is 3.40. The first-order valence-corrected chi connectivity index (χ1v) is 12.7. The molecule has 1 aliphatic rings. The summed E-state index contributed by atoms with van der Waals surface area (Å²) in [5, 5.41) is 11.3. The van der Waals surface area contributed by atoms with Crippen LogP contribution in [0.15, 0.2) is 60.7 Å². The minimum absolute atomic E-state index is 0.0372. The third-order valence-corrected chi connectivity index (χ3v) is 11.0. The number of hydrogen-bond acceptors (Lipinski definition) is 4. The topological polar surface area (TPSA) is 72.8 Å². The number of Topliss-reactive ketones (excluding diaryl/α,β-unsaturated/α-hetero) is 1. The lowest BCUT2D eigenvalue weighted by Crippen LogP contribution is -2.67. The average Bonchev–Trinajstić information content (AvgIpc) is 3.09. The lowest BCUT2D eigenvalue weighted by Gasteiger charge is -2.43. The maximum atomic E-state index is 12.5. The van der Waals surface area contributed by atoms with E-state index in [4.69, 9.17) is 14.3 Å². The molecule has 1 fully saturated rings. The Morgan fingerprint density at radius 2 is 1.61 bits per heavy atom. The van der Waals surface area contributed by atoms with Gasteiger partial charge in [-0.15, -0.1) is 0 Å². The maximum Gasteiger partial charge on any atom is 0.303 e. The van der Waals surface area contributed by atoms with Crippen LogP contribution in [0.4, 0.5) is 0 Å². The Hall–Kier alpha value is -2.28. The third-order valence-electron chi connectivity index (χ3n) is 6.00. The molecule has 2 aromatic rings. The number of aliphatic carboxylic acids is 1. The first kappa shape index (κ1) is 23.4. The van der Waals surface area contributed by atoms with Gasteiger partial charge < -0.3 is 14.3 Å². The summed E-state index contributed by atoms with van der Waals surface area (Å²) < 4.78 is 12.9. The van der Waals surface area contributed by atoms with E-state index in [1.165, 1.54) is 10.4 Å². The maximum absolute atomic E-state index is 12.5. The van der Waals surface area contributed by atoms with Crippen molar-refractivity contribution in [1.29, 1.82) is 0 Å². The van der Waals surface area contributed by atoms with Crippen LogP contribution >= 0.6 is 0 Å².